The second kappa shape index (κ2) is 6.75. The van der Waals surface area contributed by atoms with E-state index in [4.69, 9.17) is 10.5 Å². The lowest BCUT2D eigenvalue weighted by Crippen LogP contribution is -2.45. The van der Waals surface area contributed by atoms with Gasteiger partial charge in [-0.05, 0) is 30.5 Å². The third kappa shape index (κ3) is 4.53. The van der Waals surface area contributed by atoms with Gasteiger partial charge in [-0.2, -0.15) is 0 Å². The van der Waals surface area contributed by atoms with Gasteiger partial charge in [0.1, 0.15) is 18.4 Å². The number of amides is 1. The fourth-order valence-corrected chi connectivity index (χ4v) is 2.02. The van der Waals surface area contributed by atoms with Gasteiger partial charge in [0.25, 0.3) is 0 Å². The molecule has 4 nitrogen and oxygen atoms in total. The van der Waals surface area contributed by atoms with E-state index in [1.807, 2.05) is 19.1 Å². The van der Waals surface area contributed by atoms with Gasteiger partial charge in [0.05, 0.1) is 0 Å². The van der Waals surface area contributed by atoms with Crippen LogP contribution in [0.3, 0.4) is 0 Å². The summed E-state index contributed by atoms with van der Waals surface area (Å²) in [7, 11) is 0. The number of carbonyl (C=O) groups excluding carboxylic acids is 1. The Hall–Kier alpha value is -1.55. The number of rotatable bonds is 6. The summed E-state index contributed by atoms with van der Waals surface area (Å²) < 4.78 is 5.83. The molecule has 0 aliphatic heterocycles. The molecule has 0 heterocycles. The van der Waals surface area contributed by atoms with E-state index in [1.165, 1.54) is 5.56 Å². The van der Waals surface area contributed by atoms with Gasteiger partial charge in [0, 0.05) is 0 Å². The highest BCUT2D eigenvalue weighted by atomic mass is 16.5. The summed E-state index contributed by atoms with van der Waals surface area (Å²) in [5.74, 6) is 0.420. The van der Waals surface area contributed by atoms with Crippen LogP contribution in [0, 0.1) is 6.92 Å². The van der Waals surface area contributed by atoms with Crippen LogP contribution in [0.4, 0.5) is 0 Å². The van der Waals surface area contributed by atoms with Gasteiger partial charge in [0.15, 0.2) is 0 Å². The van der Waals surface area contributed by atoms with Crippen molar-refractivity contribution in [1.82, 2.24) is 5.32 Å². The molecule has 1 atom stereocenters. The maximum atomic E-state index is 11.3. The van der Waals surface area contributed by atoms with Gasteiger partial charge >= 0.3 is 0 Å². The lowest BCUT2D eigenvalue weighted by atomic mass is 9.85. The number of aryl methyl sites for hydroxylation is 1. The van der Waals surface area contributed by atoms with E-state index >= 15 is 0 Å². The number of hydrogen-bond donors (Lipinski definition) is 2. The van der Waals surface area contributed by atoms with Crippen molar-refractivity contribution in [2.75, 3.05) is 13.2 Å². The Morgan fingerprint density at radius 1 is 1.40 bits per heavy atom. The van der Waals surface area contributed by atoms with Crippen molar-refractivity contribution in [3.05, 3.63) is 29.3 Å². The van der Waals surface area contributed by atoms with Gasteiger partial charge in [0.2, 0.25) is 5.91 Å². The molecule has 0 fully saturated rings. The number of carbonyl (C=O) groups is 1. The van der Waals surface area contributed by atoms with Crippen LogP contribution in [-0.2, 0) is 10.2 Å². The first-order valence-corrected chi connectivity index (χ1v) is 7.02. The highest BCUT2D eigenvalue weighted by Crippen LogP contribution is 2.32. The van der Waals surface area contributed by atoms with E-state index in [0.717, 1.165) is 11.3 Å². The van der Waals surface area contributed by atoms with E-state index < -0.39 is 11.9 Å². The summed E-state index contributed by atoms with van der Waals surface area (Å²) >= 11 is 0. The second-order valence-electron chi connectivity index (χ2n) is 6.07. The van der Waals surface area contributed by atoms with E-state index in [9.17, 15) is 4.79 Å². The Morgan fingerprint density at radius 2 is 2.05 bits per heavy atom. The summed E-state index contributed by atoms with van der Waals surface area (Å²) in [6.45, 7) is 11.3. The predicted molar refractivity (Wildman–Crippen MR) is 82.0 cm³/mol. The van der Waals surface area contributed by atoms with E-state index in [2.05, 4.69) is 39.1 Å². The third-order valence-corrected chi connectivity index (χ3v) is 3.14. The van der Waals surface area contributed by atoms with Crippen molar-refractivity contribution in [2.24, 2.45) is 5.73 Å². The van der Waals surface area contributed by atoms with Gasteiger partial charge in [-0.15, -0.1) is 0 Å². The molecule has 0 aromatic heterocycles. The minimum atomic E-state index is -0.464. The fourth-order valence-electron chi connectivity index (χ4n) is 2.02. The number of benzene rings is 1. The van der Waals surface area contributed by atoms with Crippen molar-refractivity contribution in [3.63, 3.8) is 0 Å². The number of ether oxygens (including phenoxy) is 1. The van der Waals surface area contributed by atoms with Crippen molar-refractivity contribution >= 4 is 5.91 Å². The largest absolute Gasteiger partial charge is 0.491 e. The molecular weight excluding hydrogens is 252 g/mol. The summed E-state index contributed by atoms with van der Waals surface area (Å²) in [5, 5.41) is 3.02. The molecular formula is C16H26N2O2. The molecule has 1 rings (SSSR count). The second-order valence-corrected chi connectivity index (χ2v) is 6.07. The first kappa shape index (κ1) is 16.5. The molecule has 4 heteroatoms. The first-order valence-electron chi connectivity index (χ1n) is 7.02. The molecule has 3 N–H and O–H groups in total. The Morgan fingerprint density at radius 3 is 2.55 bits per heavy atom. The molecule has 1 amide bonds. The maximum absolute atomic E-state index is 11.3. The summed E-state index contributed by atoms with van der Waals surface area (Å²) in [6, 6.07) is 5.63. The van der Waals surface area contributed by atoms with Crippen molar-refractivity contribution in [2.45, 2.75) is 46.1 Å². The molecule has 0 aliphatic rings. The Bertz CT molecular complexity index is 464. The topological polar surface area (TPSA) is 64.3 Å². The molecule has 0 saturated heterocycles. The average Bonchev–Trinajstić information content (AvgIpc) is 2.34. The van der Waals surface area contributed by atoms with E-state index in [-0.39, 0.29) is 12.0 Å². The molecule has 1 aromatic rings. The maximum Gasteiger partial charge on any atom is 0.238 e. The van der Waals surface area contributed by atoms with Gasteiger partial charge in [-0.25, -0.2) is 0 Å². The highest BCUT2D eigenvalue weighted by molar-refractivity contribution is 5.80. The molecule has 20 heavy (non-hydrogen) atoms. The fraction of sp³-hybridized carbons (Fsp3) is 0.562. The standard InChI is InChI=1S/C16H26N2O2/c1-6-18-13(15(17)19)10-20-14-8-7-11(2)9-12(14)16(3,4)5/h7-9,13,18H,6,10H2,1-5H3,(H2,17,19). The number of hydrogen-bond acceptors (Lipinski definition) is 3. The highest BCUT2D eigenvalue weighted by Gasteiger charge is 2.21. The molecule has 0 radical (unpaired) electrons. The molecule has 1 aromatic carbocycles. The molecule has 0 saturated carbocycles. The van der Waals surface area contributed by atoms with Crippen LogP contribution in [0.15, 0.2) is 18.2 Å². The number of nitrogens with two attached hydrogens (primary N) is 1. The zero-order valence-electron chi connectivity index (χ0n) is 13.1. The predicted octanol–water partition coefficient (Wildman–Crippen LogP) is 2.13. The third-order valence-electron chi connectivity index (χ3n) is 3.14. The Balaban J connectivity index is 2.89. The smallest absolute Gasteiger partial charge is 0.238 e. The molecule has 0 spiro atoms. The van der Waals surface area contributed by atoms with Crippen molar-refractivity contribution < 1.29 is 9.53 Å². The quantitative estimate of drug-likeness (QED) is 0.838. The Labute approximate surface area is 121 Å². The van der Waals surface area contributed by atoms with Crippen LogP contribution in [-0.4, -0.2) is 25.1 Å². The Kier molecular flexibility index (Phi) is 5.57. The lowest BCUT2D eigenvalue weighted by Gasteiger charge is -2.24. The van der Waals surface area contributed by atoms with Crippen molar-refractivity contribution in [3.8, 4) is 5.75 Å². The van der Waals surface area contributed by atoms with Crippen LogP contribution in [0.1, 0.15) is 38.8 Å². The van der Waals surface area contributed by atoms with Crippen LogP contribution in [0.25, 0.3) is 0 Å². The normalized spacial score (nSPS) is 13.1. The molecule has 1 unspecified atom stereocenters. The van der Waals surface area contributed by atoms with Crippen LogP contribution < -0.4 is 15.8 Å². The van der Waals surface area contributed by atoms with Crippen LogP contribution >= 0.6 is 0 Å². The minimum Gasteiger partial charge on any atom is -0.491 e. The van der Waals surface area contributed by atoms with Crippen LogP contribution in [0.5, 0.6) is 5.75 Å². The number of nitrogens with one attached hydrogen (secondary N) is 1. The molecule has 0 aliphatic carbocycles. The minimum absolute atomic E-state index is 0.0121. The van der Waals surface area contributed by atoms with Crippen LogP contribution in [0.2, 0.25) is 0 Å². The zero-order valence-corrected chi connectivity index (χ0v) is 13.1. The van der Waals surface area contributed by atoms with Crippen molar-refractivity contribution in [1.29, 1.82) is 0 Å². The average molecular weight is 278 g/mol. The van der Waals surface area contributed by atoms with Gasteiger partial charge in [-0.3, -0.25) is 4.79 Å². The summed E-state index contributed by atoms with van der Waals surface area (Å²) in [5.41, 5.74) is 7.67. The van der Waals surface area contributed by atoms with Gasteiger partial charge in [-0.1, -0.05) is 45.4 Å². The summed E-state index contributed by atoms with van der Waals surface area (Å²) in [6.07, 6.45) is 0. The van der Waals surface area contributed by atoms with E-state index in [0.29, 0.717) is 6.54 Å². The monoisotopic (exact) mass is 278 g/mol. The lowest BCUT2D eigenvalue weighted by molar-refractivity contribution is -0.120. The summed E-state index contributed by atoms with van der Waals surface area (Å²) in [4.78, 5) is 11.3. The SMILES string of the molecule is CCNC(COc1ccc(C)cc1C(C)(C)C)C(N)=O. The molecule has 0 bridgehead atoms. The molecule has 112 valence electrons. The zero-order chi connectivity index (χ0) is 15.3. The number of primary amides is 1. The van der Waals surface area contributed by atoms with E-state index in [1.54, 1.807) is 0 Å². The first-order chi connectivity index (χ1) is 9.25. The van der Waals surface area contributed by atoms with Gasteiger partial charge < -0.3 is 15.8 Å². The number of likely N-dealkylation sites (N-methyl/N-ethyl adjacent to an activating group) is 1.